The molecule has 0 amide bonds. The summed E-state index contributed by atoms with van der Waals surface area (Å²) in [6.45, 7) is 0. The molecule has 48 valence electrons. The zero-order valence-corrected chi connectivity index (χ0v) is 5.88. The maximum absolute atomic E-state index is 6.08. The van der Waals surface area contributed by atoms with Crippen LogP contribution in [0.2, 0.25) is 0 Å². The van der Waals surface area contributed by atoms with Crippen LogP contribution in [-0.4, -0.2) is 5.38 Å². The van der Waals surface area contributed by atoms with E-state index in [1.54, 1.807) is 0 Å². The van der Waals surface area contributed by atoms with E-state index in [0.29, 0.717) is 5.38 Å². The number of allylic oxidation sites excluding steroid dienone is 2. The average molecular weight is 141 g/mol. The molecule has 0 aromatic heterocycles. The van der Waals surface area contributed by atoms with Crippen LogP contribution in [0.3, 0.4) is 0 Å². The molecule has 0 aliphatic heterocycles. The molecule has 3 aliphatic carbocycles. The molecule has 5 atom stereocenters. The van der Waals surface area contributed by atoms with Crippen molar-refractivity contribution in [3.8, 4) is 0 Å². The van der Waals surface area contributed by atoms with Gasteiger partial charge < -0.3 is 0 Å². The smallest absolute Gasteiger partial charge is 0.0404 e. The van der Waals surface area contributed by atoms with Gasteiger partial charge in [-0.3, -0.25) is 0 Å². The molecular weight excluding hydrogens is 132 g/mol. The molecule has 5 unspecified atom stereocenters. The van der Waals surface area contributed by atoms with Gasteiger partial charge in [0.25, 0.3) is 0 Å². The van der Waals surface area contributed by atoms with Crippen LogP contribution < -0.4 is 0 Å². The Labute approximate surface area is 59.9 Å². The topological polar surface area (TPSA) is 0 Å². The van der Waals surface area contributed by atoms with E-state index < -0.39 is 0 Å². The fraction of sp³-hybridized carbons (Fsp3) is 0.750. The van der Waals surface area contributed by atoms with Gasteiger partial charge in [0.1, 0.15) is 0 Å². The van der Waals surface area contributed by atoms with Gasteiger partial charge in [0.15, 0.2) is 0 Å². The van der Waals surface area contributed by atoms with Crippen molar-refractivity contribution < 1.29 is 0 Å². The van der Waals surface area contributed by atoms with Crippen LogP contribution in [0.5, 0.6) is 0 Å². The first-order chi connectivity index (χ1) is 4.38. The van der Waals surface area contributed by atoms with Gasteiger partial charge in [-0.05, 0) is 30.1 Å². The van der Waals surface area contributed by atoms with Crippen molar-refractivity contribution in [2.24, 2.45) is 23.7 Å². The number of hydrogen-bond acceptors (Lipinski definition) is 0. The summed E-state index contributed by atoms with van der Waals surface area (Å²) in [6, 6.07) is 0. The van der Waals surface area contributed by atoms with Crippen molar-refractivity contribution in [3.63, 3.8) is 0 Å². The summed E-state index contributed by atoms with van der Waals surface area (Å²) in [5, 5.41) is 0.481. The highest BCUT2D eigenvalue weighted by molar-refractivity contribution is 6.21. The highest BCUT2D eigenvalue weighted by atomic mass is 35.5. The molecule has 2 fully saturated rings. The Morgan fingerprint density at radius 1 is 1.22 bits per heavy atom. The summed E-state index contributed by atoms with van der Waals surface area (Å²) in [5.74, 6) is 3.72. The van der Waals surface area contributed by atoms with Crippen LogP contribution in [0.25, 0.3) is 0 Å². The molecule has 1 heteroatoms. The molecule has 0 aromatic rings. The van der Waals surface area contributed by atoms with Gasteiger partial charge in [0.2, 0.25) is 0 Å². The fourth-order valence-corrected chi connectivity index (χ4v) is 3.18. The highest BCUT2D eigenvalue weighted by Gasteiger charge is 2.61. The molecule has 0 aromatic carbocycles. The third-order valence-electron chi connectivity index (χ3n) is 3.21. The Morgan fingerprint density at radius 3 is 2.67 bits per heavy atom. The summed E-state index contributed by atoms with van der Waals surface area (Å²) in [7, 11) is 0. The minimum atomic E-state index is 0.481. The van der Waals surface area contributed by atoms with E-state index in [1.807, 2.05) is 0 Å². The number of halogens is 1. The molecule has 0 radical (unpaired) electrons. The zero-order valence-electron chi connectivity index (χ0n) is 5.13. The summed E-state index contributed by atoms with van der Waals surface area (Å²) in [5.41, 5.74) is 0. The molecule has 3 aliphatic rings. The SMILES string of the molecule is ClC1CC2C3C=CC1C32. The van der Waals surface area contributed by atoms with Crippen LogP contribution in [0, 0.1) is 23.7 Å². The maximum atomic E-state index is 6.08. The van der Waals surface area contributed by atoms with E-state index in [4.69, 9.17) is 11.6 Å². The molecule has 3 rings (SSSR count). The van der Waals surface area contributed by atoms with E-state index in [2.05, 4.69) is 12.2 Å². The van der Waals surface area contributed by atoms with Gasteiger partial charge in [-0.15, -0.1) is 11.6 Å². The highest BCUT2D eigenvalue weighted by Crippen LogP contribution is 2.66. The number of fused-ring (bicyclic) bond motifs is 1. The van der Waals surface area contributed by atoms with Gasteiger partial charge in [-0.2, -0.15) is 0 Å². The lowest BCUT2D eigenvalue weighted by atomic mass is 10.1. The lowest BCUT2D eigenvalue weighted by molar-refractivity contribution is 0.595. The van der Waals surface area contributed by atoms with E-state index in [-0.39, 0.29) is 0 Å². The summed E-state index contributed by atoms with van der Waals surface area (Å²) in [6.07, 6.45) is 5.99. The molecular formula is C8H9Cl. The maximum Gasteiger partial charge on any atom is 0.0404 e. The van der Waals surface area contributed by atoms with E-state index in [0.717, 1.165) is 23.7 Å². The second-order valence-electron chi connectivity index (χ2n) is 3.53. The van der Waals surface area contributed by atoms with Gasteiger partial charge in [0, 0.05) is 5.38 Å². The Hall–Kier alpha value is 0.0300. The van der Waals surface area contributed by atoms with Crippen LogP contribution in [0.4, 0.5) is 0 Å². The Morgan fingerprint density at radius 2 is 2.00 bits per heavy atom. The molecule has 9 heavy (non-hydrogen) atoms. The van der Waals surface area contributed by atoms with Crippen molar-refractivity contribution >= 4 is 11.6 Å². The van der Waals surface area contributed by atoms with Crippen LogP contribution in [0.1, 0.15) is 6.42 Å². The minimum absolute atomic E-state index is 0.481. The third kappa shape index (κ3) is 0.400. The summed E-state index contributed by atoms with van der Waals surface area (Å²) >= 11 is 6.08. The van der Waals surface area contributed by atoms with Crippen molar-refractivity contribution in [2.75, 3.05) is 0 Å². The largest absolute Gasteiger partial charge is 0.122 e. The predicted octanol–water partition coefficient (Wildman–Crippen LogP) is 2.05. The number of rotatable bonds is 0. The normalized spacial score (nSPS) is 66.6. The number of alkyl halides is 1. The molecule has 0 bridgehead atoms. The first-order valence-corrected chi connectivity index (χ1v) is 4.14. The molecule has 0 spiro atoms. The zero-order chi connectivity index (χ0) is 6.01. The Bertz CT molecular complexity index is 185. The number of hydrogen-bond donors (Lipinski definition) is 0. The Balaban J connectivity index is 2.04. The van der Waals surface area contributed by atoms with Crippen molar-refractivity contribution in [1.29, 1.82) is 0 Å². The lowest BCUT2D eigenvalue weighted by Gasteiger charge is -2.07. The van der Waals surface area contributed by atoms with E-state index in [1.165, 1.54) is 6.42 Å². The third-order valence-corrected chi connectivity index (χ3v) is 3.68. The minimum Gasteiger partial charge on any atom is -0.122 e. The van der Waals surface area contributed by atoms with Crippen molar-refractivity contribution in [2.45, 2.75) is 11.8 Å². The first kappa shape index (κ1) is 4.79. The summed E-state index contributed by atoms with van der Waals surface area (Å²) in [4.78, 5) is 0. The lowest BCUT2D eigenvalue weighted by Crippen LogP contribution is -2.06. The first-order valence-electron chi connectivity index (χ1n) is 3.70. The van der Waals surface area contributed by atoms with Gasteiger partial charge in [-0.25, -0.2) is 0 Å². The summed E-state index contributed by atoms with van der Waals surface area (Å²) < 4.78 is 0. The quantitative estimate of drug-likeness (QED) is 0.357. The monoisotopic (exact) mass is 140 g/mol. The van der Waals surface area contributed by atoms with Crippen LogP contribution in [0.15, 0.2) is 12.2 Å². The van der Waals surface area contributed by atoms with Crippen molar-refractivity contribution in [3.05, 3.63) is 12.2 Å². The Kier molecular flexibility index (Phi) is 0.649. The van der Waals surface area contributed by atoms with E-state index in [9.17, 15) is 0 Å². The molecule has 0 saturated heterocycles. The molecule has 0 nitrogen and oxygen atoms in total. The predicted molar refractivity (Wildman–Crippen MR) is 37.4 cm³/mol. The van der Waals surface area contributed by atoms with Crippen LogP contribution >= 0.6 is 11.6 Å². The van der Waals surface area contributed by atoms with Crippen LogP contribution in [-0.2, 0) is 0 Å². The second-order valence-corrected chi connectivity index (χ2v) is 4.09. The van der Waals surface area contributed by atoms with Gasteiger partial charge >= 0.3 is 0 Å². The fourth-order valence-electron chi connectivity index (χ4n) is 2.72. The molecule has 0 N–H and O–H groups in total. The van der Waals surface area contributed by atoms with Gasteiger partial charge in [0.05, 0.1) is 0 Å². The average Bonchev–Trinajstić information content (AvgIpc) is 2.30. The van der Waals surface area contributed by atoms with Gasteiger partial charge in [-0.1, -0.05) is 12.2 Å². The van der Waals surface area contributed by atoms with Crippen molar-refractivity contribution in [1.82, 2.24) is 0 Å². The second kappa shape index (κ2) is 1.22. The molecule has 0 heterocycles. The standard InChI is InChI=1S/C8H9Cl/c9-7-3-6-4-1-2-5(7)8(4)6/h1-2,4-8H,3H2. The molecule has 2 saturated carbocycles. The van der Waals surface area contributed by atoms with E-state index >= 15 is 0 Å².